The van der Waals surface area contributed by atoms with Gasteiger partial charge in [-0.1, -0.05) is 52.8 Å². The second kappa shape index (κ2) is 17.0. The van der Waals surface area contributed by atoms with E-state index in [0.29, 0.717) is 11.6 Å². The molecule has 4 aliphatic heterocycles. The number of ketones is 1. The largest absolute Gasteiger partial charge is 0.507 e. The minimum absolute atomic E-state index is 0.00901. The smallest absolute Gasteiger partial charge is 0.312 e. The molecule has 15 nitrogen and oxygen atoms in total. The second-order valence-electron chi connectivity index (χ2n) is 17.6. The van der Waals surface area contributed by atoms with Gasteiger partial charge in [-0.3, -0.25) is 14.4 Å². The highest BCUT2D eigenvalue weighted by Gasteiger charge is 2.50. The van der Waals surface area contributed by atoms with Crippen LogP contribution in [0.2, 0.25) is 0 Å². The monoisotopic (exact) mass is 855 g/mol. The van der Waals surface area contributed by atoms with Crippen molar-refractivity contribution in [3.05, 3.63) is 69.6 Å². The first-order valence-electron chi connectivity index (χ1n) is 21.2. The summed E-state index contributed by atoms with van der Waals surface area (Å²) in [6.07, 6.45) is 5.33. The molecule has 15 heteroatoms. The minimum Gasteiger partial charge on any atom is -0.507 e. The van der Waals surface area contributed by atoms with E-state index < -0.39 is 76.7 Å². The van der Waals surface area contributed by atoms with Crippen molar-refractivity contribution >= 4 is 44.9 Å². The summed E-state index contributed by atoms with van der Waals surface area (Å²) in [6, 6.07) is 3.29. The molecule has 7 rings (SSSR count). The summed E-state index contributed by atoms with van der Waals surface area (Å²) in [6.45, 7) is 14.9. The molecule has 1 aliphatic carbocycles. The average molecular weight is 856 g/mol. The van der Waals surface area contributed by atoms with E-state index in [2.05, 4.69) is 17.1 Å². The summed E-state index contributed by atoms with van der Waals surface area (Å²) < 4.78 is 24.4. The number of Topliss-reactive ketones (excluding diaryl/α,β-unsaturated/α-hetero) is 1. The zero-order valence-electron chi connectivity index (χ0n) is 36.6. The molecule has 2 aromatic rings. The van der Waals surface area contributed by atoms with Crippen molar-refractivity contribution in [2.24, 2.45) is 29.6 Å². The lowest BCUT2D eigenvalue weighted by molar-refractivity contribution is -0.112. The van der Waals surface area contributed by atoms with E-state index >= 15 is 0 Å². The van der Waals surface area contributed by atoms with E-state index in [1.807, 2.05) is 0 Å². The van der Waals surface area contributed by atoms with Gasteiger partial charge < -0.3 is 54.4 Å². The van der Waals surface area contributed by atoms with E-state index in [9.17, 15) is 39.9 Å². The third-order valence-electron chi connectivity index (χ3n) is 13.3. The van der Waals surface area contributed by atoms with Crippen LogP contribution in [-0.4, -0.2) is 92.6 Å². The van der Waals surface area contributed by atoms with E-state index in [1.54, 1.807) is 52.0 Å². The van der Waals surface area contributed by atoms with Gasteiger partial charge >= 0.3 is 5.79 Å². The molecule has 1 amide bonds. The summed E-state index contributed by atoms with van der Waals surface area (Å²) in [5, 5.41) is 59.4. The number of benzene rings is 3. The number of phenolic OH excluding ortho intramolecular Hbond substituents is 2. The van der Waals surface area contributed by atoms with E-state index in [0.717, 1.165) is 25.9 Å². The van der Waals surface area contributed by atoms with Crippen LogP contribution in [0.4, 0.5) is 11.4 Å². The number of carbonyl (C=O) groups is 2. The Balaban J connectivity index is 1.45. The van der Waals surface area contributed by atoms with Crippen LogP contribution >= 0.6 is 0 Å². The lowest BCUT2D eigenvalue weighted by atomic mass is 9.78. The molecule has 9 atom stereocenters. The first-order chi connectivity index (χ1) is 29.3. The molecule has 332 valence electrons. The Morgan fingerprint density at radius 2 is 1.56 bits per heavy atom. The average Bonchev–Trinajstić information content (AvgIpc) is 3.52. The molecule has 1 saturated heterocycles. The van der Waals surface area contributed by atoms with Gasteiger partial charge in [0.25, 0.3) is 11.7 Å². The number of hydrogen-bond donors (Lipinski definition) is 6. The van der Waals surface area contributed by atoms with E-state index in [4.69, 9.17) is 23.6 Å². The molecule has 0 aromatic heterocycles. The predicted molar refractivity (Wildman–Crippen MR) is 234 cm³/mol. The topological polar surface area (TPSA) is 221 Å². The number of anilines is 2. The SMILES string of the molecule is CO[C@H]1/C=C/O[C@@]2(C)Oc3c(C)c(O)c4c(=O)c(c5oc6cc(N7CCC(C)CC7)cc(O)c6nc-5c4c3C2=O)NC(=O)/C(C)=C\C=C\[C@H](C)[C@H](O)[C@@H](C)[C@@H](O)[C@@H](C)[C@H](O)[C@@H]1C. The van der Waals surface area contributed by atoms with E-state index in [-0.39, 0.29) is 67.2 Å². The van der Waals surface area contributed by atoms with Gasteiger partial charge in [-0.15, -0.1) is 0 Å². The number of fused-ring (bicyclic) bond motifs is 2. The molecule has 62 heavy (non-hydrogen) atoms. The lowest BCUT2D eigenvalue weighted by Crippen LogP contribution is -2.44. The fourth-order valence-electron chi connectivity index (χ4n) is 8.93. The molecule has 0 radical (unpaired) electrons. The molecule has 2 aromatic carbocycles. The first-order valence-corrected chi connectivity index (χ1v) is 21.2. The van der Waals surface area contributed by atoms with Crippen LogP contribution in [0.1, 0.15) is 77.2 Å². The molecule has 4 heterocycles. The highest BCUT2D eigenvalue weighted by Crippen LogP contribution is 2.51. The summed E-state index contributed by atoms with van der Waals surface area (Å²) in [4.78, 5) is 50.3. The summed E-state index contributed by atoms with van der Waals surface area (Å²) in [7, 11) is 1.44. The van der Waals surface area contributed by atoms with Gasteiger partial charge in [0.05, 0.1) is 41.6 Å². The van der Waals surface area contributed by atoms with Gasteiger partial charge in [0, 0.05) is 85.1 Å². The molecular weight excluding hydrogens is 799 g/mol. The van der Waals surface area contributed by atoms with Gasteiger partial charge in [0.1, 0.15) is 34.1 Å². The molecule has 0 unspecified atom stereocenters. The van der Waals surface area contributed by atoms with E-state index in [1.165, 1.54) is 46.3 Å². The van der Waals surface area contributed by atoms with Gasteiger partial charge in [0.2, 0.25) is 5.43 Å². The van der Waals surface area contributed by atoms with Crippen LogP contribution < -0.4 is 20.4 Å². The quantitative estimate of drug-likeness (QED) is 0.0960. The van der Waals surface area contributed by atoms with Gasteiger partial charge in [-0.2, -0.15) is 0 Å². The zero-order chi connectivity index (χ0) is 45.1. The van der Waals surface area contributed by atoms with Crippen LogP contribution in [0.3, 0.4) is 0 Å². The number of aliphatic hydroxyl groups is 3. The Bertz CT molecular complexity index is 2540. The molecular formula is C47H57N3O12. The summed E-state index contributed by atoms with van der Waals surface area (Å²) in [5.74, 6) is -6.46. The minimum atomic E-state index is -2.04. The normalized spacial score (nSPS) is 31.2. The van der Waals surface area contributed by atoms with Crippen LogP contribution in [0.25, 0.3) is 33.3 Å². The lowest BCUT2D eigenvalue weighted by Gasteiger charge is -2.36. The number of amides is 1. The van der Waals surface area contributed by atoms with Crippen molar-refractivity contribution in [2.75, 3.05) is 30.4 Å². The first kappa shape index (κ1) is 44.6. The molecule has 0 spiro atoms. The fraction of sp³-hybridized carbons (Fsp3) is 0.489. The third kappa shape index (κ3) is 7.69. The number of nitrogens with zero attached hydrogens (tertiary/aromatic N) is 2. The number of rotatable bonds is 2. The Morgan fingerprint density at radius 1 is 0.903 bits per heavy atom. The molecule has 4 bridgehead atoms. The van der Waals surface area contributed by atoms with Crippen molar-refractivity contribution in [1.29, 1.82) is 0 Å². The van der Waals surface area contributed by atoms with Crippen molar-refractivity contribution in [1.82, 2.24) is 4.98 Å². The second-order valence-corrected chi connectivity index (χ2v) is 17.6. The molecule has 6 N–H and O–H groups in total. The van der Waals surface area contributed by atoms with Crippen LogP contribution in [-0.2, 0) is 14.3 Å². The highest BCUT2D eigenvalue weighted by molar-refractivity contribution is 6.22. The highest BCUT2D eigenvalue weighted by atomic mass is 16.7. The Kier molecular flexibility index (Phi) is 12.2. The number of allylic oxidation sites excluding steroid dienone is 2. The molecule has 5 aliphatic rings. The van der Waals surface area contributed by atoms with Crippen LogP contribution in [0.15, 0.2) is 57.5 Å². The van der Waals surface area contributed by atoms with Crippen LogP contribution in [0.5, 0.6) is 17.2 Å². The standard InChI is InChI=1S/C47H57N3O12/c1-21-13-16-50(17-14-21)28-19-29(51)35-31(20-28)61-44-36(48-35)32-33-41(55)27(7)43-34(32)45(57)47(8,62-43)60-18-15-30(59-9)24(4)39(53)26(6)40(54)25(5)38(52)22(2)11-10-12-23(3)46(58)49-37(44)42(33)56/h10-12,15,18-22,24-26,30,38-40,51-55H,13-14,16-17H2,1-9H3,(H,49,58)/b11-10+,18-15+,23-12-/t22-,24+,25+,26-,30-,38-,39+,40+,47-/m0/s1. The maximum Gasteiger partial charge on any atom is 0.312 e. The fourth-order valence-corrected chi connectivity index (χ4v) is 8.93. The number of methoxy groups -OCH3 is 1. The van der Waals surface area contributed by atoms with Gasteiger partial charge in [-0.25, -0.2) is 4.98 Å². The van der Waals surface area contributed by atoms with Crippen molar-refractivity contribution in [2.45, 2.75) is 98.4 Å². The zero-order valence-corrected chi connectivity index (χ0v) is 36.6. The maximum atomic E-state index is 14.8. The number of piperidine rings is 1. The Morgan fingerprint density at radius 3 is 2.24 bits per heavy atom. The van der Waals surface area contributed by atoms with Crippen molar-refractivity contribution in [3.8, 4) is 28.7 Å². The Labute approximate surface area is 359 Å². The molecule has 1 fully saturated rings. The number of carbonyl (C=O) groups excluding carboxylic acids is 2. The summed E-state index contributed by atoms with van der Waals surface area (Å²) >= 11 is 0. The number of ether oxygens (including phenoxy) is 3. The number of hydrogen-bond acceptors (Lipinski definition) is 14. The predicted octanol–water partition coefficient (Wildman–Crippen LogP) is 6.32. The van der Waals surface area contributed by atoms with Crippen molar-refractivity contribution in [3.63, 3.8) is 0 Å². The number of aliphatic hydroxyl groups excluding tert-OH is 3. The van der Waals surface area contributed by atoms with Gasteiger partial charge in [-0.05, 0) is 38.7 Å². The Hall–Kier alpha value is -5.48. The molecule has 0 saturated carbocycles. The summed E-state index contributed by atoms with van der Waals surface area (Å²) in [5.41, 5.74) is -0.496. The maximum absolute atomic E-state index is 14.8. The third-order valence-corrected chi connectivity index (χ3v) is 13.3. The van der Waals surface area contributed by atoms with Crippen molar-refractivity contribution < 1.29 is 53.7 Å². The number of nitrogens with one attached hydrogen (secondary N) is 1. The number of phenols is 2. The number of aromatic nitrogens is 1. The van der Waals surface area contributed by atoms with Gasteiger partial charge in [0.15, 0.2) is 11.3 Å². The van der Waals surface area contributed by atoms with Crippen LogP contribution in [0, 0.1) is 36.5 Å². The number of aromatic hydroxyl groups is 2.